The summed E-state index contributed by atoms with van der Waals surface area (Å²) in [6.07, 6.45) is 1.77. The van der Waals surface area contributed by atoms with Crippen LogP contribution >= 0.6 is 0 Å². The molecule has 18 heavy (non-hydrogen) atoms. The minimum atomic E-state index is -0.720. The van der Waals surface area contributed by atoms with Gasteiger partial charge in [0.1, 0.15) is 5.57 Å². The summed E-state index contributed by atoms with van der Waals surface area (Å²) in [7, 11) is 0. The molecule has 0 bridgehead atoms. The predicted molar refractivity (Wildman–Crippen MR) is 62.5 cm³/mol. The normalized spacial score (nSPS) is 15.3. The smallest absolute Gasteiger partial charge is 0.259 e. The molecule has 0 aromatic rings. The number of amides is 1. The maximum atomic E-state index is 11.7. The van der Waals surface area contributed by atoms with Gasteiger partial charge in [-0.2, -0.15) is 0 Å². The lowest BCUT2D eigenvalue weighted by Gasteiger charge is -2.17. The number of aliphatic hydroxyl groups is 1. The van der Waals surface area contributed by atoms with Gasteiger partial charge in [0.05, 0.1) is 12.7 Å². The number of carbonyl (C=O) groups is 3. The van der Waals surface area contributed by atoms with Crippen LogP contribution in [0.25, 0.3) is 0 Å². The van der Waals surface area contributed by atoms with Crippen molar-refractivity contribution in [3.63, 3.8) is 0 Å². The molecule has 0 atom stereocenters. The number of nitrogens with one attached hydrogen (secondary N) is 1. The molecular weight excluding hydrogens is 238 g/mol. The third kappa shape index (κ3) is 3.27. The second-order valence-electron chi connectivity index (χ2n) is 3.91. The molecule has 1 rings (SSSR count). The van der Waals surface area contributed by atoms with Gasteiger partial charge < -0.3 is 15.2 Å². The van der Waals surface area contributed by atoms with Crippen LogP contribution in [0.2, 0.25) is 0 Å². The molecule has 2 N–H and O–H groups in total. The molecule has 0 radical (unpaired) electrons. The van der Waals surface area contributed by atoms with E-state index >= 15 is 0 Å². The molecule has 0 aromatic heterocycles. The zero-order valence-electron chi connectivity index (χ0n) is 10.2. The minimum absolute atomic E-state index is 0.00246. The number of hydrogen-bond donors (Lipinski definition) is 2. The Labute approximate surface area is 104 Å². The fourth-order valence-electron chi connectivity index (χ4n) is 1.37. The lowest BCUT2D eigenvalue weighted by atomic mass is 10.0. The molecule has 0 saturated heterocycles. The fraction of sp³-hybridized carbons (Fsp3) is 0.417. The van der Waals surface area contributed by atoms with E-state index in [0.717, 1.165) is 12.2 Å². The first-order chi connectivity index (χ1) is 8.47. The molecule has 1 aliphatic rings. The number of allylic oxidation sites excluding steroid dienone is 2. The van der Waals surface area contributed by atoms with E-state index in [9.17, 15) is 14.4 Å². The number of ether oxygens (including phenoxy) is 1. The predicted octanol–water partition coefficient (Wildman–Crippen LogP) is -0.518. The van der Waals surface area contributed by atoms with Crippen molar-refractivity contribution in [3.05, 3.63) is 23.5 Å². The average molecular weight is 253 g/mol. The minimum Gasteiger partial charge on any atom is -0.486 e. The number of aliphatic hydroxyl groups excluding tert-OH is 1. The summed E-state index contributed by atoms with van der Waals surface area (Å²) in [6.45, 7) is 3.12. The Kier molecular flexibility index (Phi) is 4.79. The zero-order valence-corrected chi connectivity index (χ0v) is 10.2. The van der Waals surface area contributed by atoms with E-state index in [2.05, 4.69) is 5.32 Å². The van der Waals surface area contributed by atoms with Crippen molar-refractivity contribution in [2.45, 2.75) is 20.0 Å². The molecule has 0 heterocycles. The molecule has 0 aromatic carbocycles. The SMILES string of the molecule is CC(C)OC1=C(C(=O)NCCO)C(=O)C=CC1=O. The summed E-state index contributed by atoms with van der Waals surface area (Å²) in [4.78, 5) is 35.0. The van der Waals surface area contributed by atoms with E-state index in [4.69, 9.17) is 9.84 Å². The molecule has 1 aliphatic carbocycles. The summed E-state index contributed by atoms with van der Waals surface area (Å²) in [5, 5.41) is 10.9. The molecule has 0 unspecified atom stereocenters. The van der Waals surface area contributed by atoms with E-state index in [1.807, 2.05) is 0 Å². The Hall–Kier alpha value is -1.95. The molecule has 0 saturated carbocycles. The van der Waals surface area contributed by atoms with Crippen molar-refractivity contribution in [2.75, 3.05) is 13.2 Å². The van der Waals surface area contributed by atoms with Crippen LogP contribution < -0.4 is 5.32 Å². The Morgan fingerprint density at radius 1 is 1.33 bits per heavy atom. The van der Waals surface area contributed by atoms with Gasteiger partial charge in [-0.25, -0.2) is 0 Å². The highest BCUT2D eigenvalue weighted by Crippen LogP contribution is 2.17. The Bertz CT molecular complexity index is 434. The molecule has 98 valence electrons. The molecule has 1 amide bonds. The summed E-state index contributed by atoms with van der Waals surface area (Å²) >= 11 is 0. The summed E-state index contributed by atoms with van der Waals surface area (Å²) in [5.74, 6) is -2.06. The van der Waals surface area contributed by atoms with E-state index in [1.54, 1.807) is 13.8 Å². The highest BCUT2D eigenvalue weighted by Gasteiger charge is 2.30. The second kappa shape index (κ2) is 6.11. The van der Waals surface area contributed by atoms with Gasteiger partial charge in [-0.15, -0.1) is 0 Å². The van der Waals surface area contributed by atoms with Crippen LogP contribution in [0.5, 0.6) is 0 Å². The van der Waals surface area contributed by atoms with Crippen LogP contribution in [-0.4, -0.2) is 41.8 Å². The first kappa shape index (κ1) is 14.1. The van der Waals surface area contributed by atoms with Gasteiger partial charge in [0, 0.05) is 6.54 Å². The van der Waals surface area contributed by atoms with Crippen molar-refractivity contribution in [2.24, 2.45) is 0 Å². The summed E-state index contributed by atoms with van der Waals surface area (Å²) in [6, 6.07) is 0. The van der Waals surface area contributed by atoms with Gasteiger partial charge in [0.25, 0.3) is 5.91 Å². The molecule has 0 fully saturated rings. The van der Waals surface area contributed by atoms with Gasteiger partial charge in [-0.1, -0.05) is 0 Å². The molecule has 0 spiro atoms. The van der Waals surface area contributed by atoms with Crippen LogP contribution in [0, 0.1) is 0 Å². The lowest BCUT2D eigenvalue weighted by Crippen LogP contribution is -2.34. The van der Waals surface area contributed by atoms with Crippen molar-refractivity contribution >= 4 is 17.5 Å². The van der Waals surface area contributed by atoms with Crippen molar-refractivity contribution < 1.29 is 24.2 Å². The Morgan fingerprint density at radius 2 is 1.94 bits per heavy atom. The van der Waals surface area contributed by atoms with Crippen LogP contribution in [-0.2, 0) is 19.1 Å². The van der Waals surface area contributed by atoms with E-state index < -0.39 is 17.5 Å². The zero-order chi connectivity index (χ0) is 13.7. The van der Waals surface area contributed by atoms with Crippen molar-refractivity contribution in [3.8, 4) is 0 Å². The highest BCUT2D eigenvalue weighted by atomic mass is 16.5. The largest absolute Gasteiger partial charge is 0.486 e. The highest BCUT2D eigenvalue weighted by molar-refractivity contribution is 6.31. The van der Waals surface area contributed by atoms with Gasteiger partial charge in [-0.05, 0) is 26.0 Å². The topological polar surface area (TPSA) is 92.7 Å². The number of rotatable bonds is 5. The third-order valence-corrected chi connectivity index (χ3v) is 2.06. The van der Waals surface area contributed by atoms with E-state index in [-0.39, 0.29) is 30.6 Å². The lowest BCUT2D eigenvalue weighted by molar-refractivity contribution is -0.124. The Balaban J connectivity index is 3.06. The van der Waals surface area contributed by atoms with Crippen molar-refractivity contribution in [1.29, 1.82) is 0 Å². The first-order valence-electron chi connectivity index (χ1n) is 5.54. The quantitative estimate of drug-likeness (QED) is 0.508. The first-order valence-corrected chi connectivity index (χ1v) is 5.54. The number of carbonyl (C=O) groups excluding carboxylic acids is 3. The Morgan fingerprint density at radius 3 is 2.50 bits per heavy atom. The molecule has 6 heteroatoms. The van der Waals surface area contributed by atoms with Crippen LogP contribution in [0.15, 0.2) is 23.5 Å². The van der Waals surface area contributed by atoms with E-state index in [1.165, 1.54) is 0 Å². The number of hydrogen-bond acceptors (Lipinski definition) is 5. The van der Waals surface area contributed by atoms with Crippen LogP contribution in [0.1, 0.15) is 13.8 Å². The monoisotopic (exact) mass is 253 g/mol. The molecular formula is C12H15NO5. The van der Waals surface area contributed by atoms with Crippen LogP contribution in [0.3, 0.4) is 0 Å². The van der Waals surface area contributed by atoms with Crippen LogP contribution in [0.4, 0.5) is 0 Å². The van der Waals surface area contributed by atoms with Gasteiger partial charge in [0.15, 0.2) is 11.5 Å². The van der Waals surface area contributed by atoms with Gasteiger partial charge in [-0.3, -0.25) is 14.4 Å². The van der Waals surface area contributed by atoms with Crippen molar-refractivity contribution in [1.82, 2.24) is 5.32 Å². The maximum absolute atomic E-state index is 11.7. The van der Waals surface area contributed by atoms with Gasteiger partial charge in [0.2, 0.25) is 5.78 Å². The van der Waals surface area contributed by atoms with E-state index in [0.29, 0.717) is 0 Å². The standard InChI is InChI=1S/C12H15NO5/c1-7(2)18-11-9(16)4-3-8(15)10(11)12(17)13-5-6-14/h3-4,7,14H,5-6H2,1-2H3,(H,13,17). The third-order valence-electron chi connectivity index (χ3n) is 2.06. The summed E-state index contributed by atoms with van der Waals surface area (Å²) < 4.78 is 5.22. The van der Waals surface area contributed by atoms with Gasteiger partial charge >= 0.3 is 0 Å². The fourth-order valence-corrected chi connectivity index (χ4v) is 1.37. The summed E-state index contributed by atoms with van der Waals surface area (Å²) in [5.41, 5.74) is -0.315. The number of ketones is 2. The molecule has 0 aliphatic heterocycles. The second-order valence-corrected chi connectivity index (χ2v) is 3.91. The molecule has 6 nitrogen and oxygen atoms in total. The average Bonchev–Trinajstić information content (AvgIpc) is 2.30. The maximum Gasteiger partial charge on any atom is 0.259 e.